The van der Waals surface area contributed by atoms with Crippen molar-refractivity contribution < 1.29 is 8.85 Å². The first kappa shape index (κ1) is 15.4. The number of hydrogen-bond donors (Lipinski definition) is 0. The van der Waals surface area contributed by atoms with E-state index in [4.69, 9.17) is 55.3 Å². The molecule has 0 radical (unpaired) electrons. The van der Waals surface area contributed by atoms with Crippen LogP contribution >= 0.6 is 46.4 Å². The lowest BCUT2D eigenvalue weighted by molar-refractivity contribution is 0.264. The molecule has 1 aromatic rings. The Morgan fingerprint density at radius 1 is 1.06 bits per heavy atom. The quantitative estimate of drug-likeness (QED) is 0.416. The van der Waals surface area contributed by atoms with E-state index in [0.29, 0.717) is 22.4 Å². The van der Waals surface area contributed by atoms with Gasteiger partial charge in [-0.1, -0.05) is 46.4 Å². The molecule has 0 aromatic heterocycles. The Balaban J connectivity index is 3.11. The van der Waals surface area contributed by atoms with Crippen LogP contribution < -0.4 is 4.43 Å². The zero-order valence-electron chi connectivity index (χ0n) is 9.61. The fraction of sp³-hybridized carbons (Fsp3) is 0.400. The van der Waals surface area contributed by atoms with Gasteiger partial charge in [0.05, 0.1) is 15.1 Å². The summed E-state index contributed by atoms with van der Waals surface area (Å²) < 4.78 is 11.3. The van der Waals surface area contributed by atoms with E-state index in [1.807, 2.05) is 20.0 Å². The molecule has 2 nitrogen and oxygen atoms in total. The van der Waals surface area contributed by atoms with Gasteiger partial charge in [0.25, 0.3) is 0 Å². The molecule has 0 amide bonds. The Kier molecular flexibility index (Phi) is 5.44. The summed E-state index contributed by atoms with van der Waals surface area (Å²) in [5.41, 5.74) is 0. The van der Waals surface area contributed by atoms with Crippen LogP contribution in [-0.2, 0) is 4.43 Å². The zero-order valence-corrected chi connectivity index (χ0v) is 13.6. The van der Waals surface area contributed by atoms with Crippen molar-refractivity contribution in [2.45, 2.75) is 20.0 Å². The summed E-state index contributed by atoms with van der Waals surface area (Å²) in [7, 11) is -2.32. The van der Waals surface area contributed by atoms with E-state index in [1.165, 1.54) is 6.07 Å². The highest BCUT2D eigenvalue weighted by molar-refractivity contribution is 6.65. The summed E-state index contributed by atoms with van der Waals surface area (Å²) in [6.45, 7) is 6.25. The first-order valence-corrected chi connectivity index (χ1v) is 9.27. The van der Waals surface area contributed by atoms with Crippen molar-refractivity contribution in [3.63, 3.8) is 0 Å². The summed E-state index contributed by atoms with van der Waals surface area (Å²) in [5.74, 6) is 0.327. The lowest BCUT2D eigenvalue weighted by Gasteiger charge is -2.24. The minimum Gasteiger partial charge on any atom is -0.518 e. The highest BCUT2D eigenvalue weighted by Gasteiger charge is 2.29. The van der Waals surface area contributed by atoms with Crippen molar-refractivity contribution in [2.24, 2.45) is 0 Å². The number of rotatable bonds is 4. The highest BCUT2D eigenvalue weighted by atomic mass is 35.5. The zero-order chi connectivity index (χ0) is 13.2. The molecule has 1 aromatic carbocycles. The summed E-state index contributed by atoms with van der Waals surface area (Å²) in [4.78, 5) is 0. The predicted octanol–water partition coefficient (Wildman–Crippen LogP) is 5.42. The molecule has 7 heteroatoms. The third-order valence-electron chi connectivity index (χ3n) is 1.91. The molecule has 0 spiro atoms. The van der Waals surface area contributed by atoms with E-state index in [9.17, 15) is 0 Å². The van der Waals surface area contributed by atoms with Crippen LogP contribution in [0.5, 0.6) is 5.75 Å². The molecule has 0 bridgehead atoms. The minimum absolute atomic E-state index is 0.212. The van der Waals surface area contributed by atoms with Crippen molar-refractivity contribution in [2.75, 3.05) is 6.61 Å². The number of benzene rings is 1. The average molecular weight is 334 g/mol. The van der Waals surface area contributed by atoms with Gasteiger partial charge in [-0.05, 0) is 26.1 Å². The maximum Gasteiger partial charge on any atom is 0.392 e. The molecule has 0 unspecified atom stereocenters. The fourth-order valence-electron chi connectivity index (χ4n) is 1.27. The van der Waals surface area contributed by atoms with Gasteiger partial charge in [-0.3, -0.25) is 0 Å². The SMILES string of the molecule is CCO[Si](C)(C)Oc1c(Cl)cc(Cl)c(Cl)c1Cl. The van der Waals surface area contributed by atoms with Crippen molar-refractivity contribution >= 4 is 55.0 Å². The van der Waals surface area contributed by atoms with Gasteiger partial charge in [0, 0.05) is 6.61 Å². The van der Waals surface area contributed by atoms with Gasteiger partial charge >= 0.3 is 8.56 Å². The Morgan fingerprint density at radius 3 is 2.18 bits per heavy atom. The van der Waals surface area contributed by atoms with Crippen LogP contribution in [0.25, 0.3) is 0 Å². The highest BCUT2D eigenvalue weighted by Crippen LogP contribution is 2.43. The molecular formula is C10H12Cl4O2Si. The van der Waals surface area contributed by atoms with E-state index in [1.54, 1.807) is 0 Å². The summed E-state index contributed by atoms with van der Waals surface area (Å²) >= 11 is 23.9. The van der Waals surface area contributed by atoms with Crippen molar-refractivity contribution in [3.8, 4) is 5.75 Å². The van der Waals surface area contributed by atoms with Gasteiger partial charge in [0.15, 0.2) is 0 Å². The van der Waals surface area contributed by atoms with Crippen LogP contribution in [-0.4, -0.2) is 15.2 Å². The molecule has 17 heavy (non-hydrogen) atoms. The number of hydrogen-bond acceptors (Lipinski definition) is 2. The largest absolute Gasteiger partial charge is 0.518 e. The van der Waals surface area contributed by atoms with Crippen molar-refractivity contribution in [1.29, 1.82) is 0 Å². The minimum atomic E-state index is -2.32. The van der Waals surface area contributed by atoms with Gasteiger partial charge in [-0.2, -0.15) is 0 Å². The molecular weight excluding hydrogens is 322 g/mol. The Bertz CT molecular complexity index is 423. The van der Waals surface area contributed by atoms with Crippen LogP contribution in [0.2, 0.25) is 33.2 Å². The molecule has 96 valence electrons. The third-order valence-corrected chi connectivity index (χ3v) is 5.12. The lowest BCUT2D eigenvalue weighted by atomic mass is 10.3. The van der Waals surface area contributed by atoms with Gasteiger partial charge in [0.1, 0.15) is 10.8 Å². The second-order valence-electron chi connectivity index (χ2n) is 3.73. The second-order valence-corrected chi connectivity index (χ2v) is 8.59. The Morgan fingerprint density at radius 2 is 1.65 bits per heavy atom. The van der Waals surface area contributed by atoms with Gasteiger partial charge in [-0.15, -0.1) is 0 Å². The van der Waals surface area contributed by atoms with E-state index in [0.717, 1.165) is 0 Å². The molecule has 0 aliphatic carbocycles. The van der Waals surface area contributed by atoms with Gasteiger partial charge < -0.3 is 8.85 Å². The molecule has 0 atom stereocenters. The van der Waals surface area contributed by atoms with E-state index in [2.05, 4.69) is 0 Å². The Hall–Kier alpha value is 0.357. The smallest absolute Gasteiger partial charge is 0.392 e. The average Bonchev–Trinajstić information content (AvgIpc) is 2.21. The molecule has 0 N–H and O–H groups in total. The summed E-state index contributed by atoms with van der Waals surface area (Å²) in [5, 5.41) is 1.06. The molecule has 0 saturated heterocycles. The second kappa shape index (κ2) is 6.00. The summed E-state index contributed by atoms with van der Waals surface area (Å²) in [6.07, 6.45) is 0. The van der Waals surface area contributed by atoms with Crippen LogP contribution in [0, 0.1) is 0 Å². The van der Waals surface area contributed by atoms with Crippen molar-refractivity contribution in [3.05, 3.63) is 26.2 Å². The predicted molar refractivity (Wildman–Crippen MR) is 76.2 cm³/mol. The van der Waals surface area contributed by atoms with Crippen LogP contribution in [0.4, 0.5) is 0 Å². The number of halogens is 4. The molecule has 1 rings (SSSR count). The molecule has 0 aliphatic rings. The lowest BCUT2D eigenvalue weighted by Crippen LogP contribution is -2.38. The third kappa shape index (κ3) is 3.91. The monoisotopic (exact) mass is 332 g/mol. The van der Waals surface area contributed by atoms with Gasteiger partial charge in [-0.25, -0.2) is 0 Å². The van der Waals surface area contributed by atoms with E-state index in [-0.39, 0.29) is 10.0 Å². The normalized spacial score (nSPS) is 11.7. The van der Waals surface area contributed by atoms with E-state index >= 15 is 0 Å². The van der Waals surface area contributed by atoms with Crippen LogP contribution in [0.1, 0.15) is 6.92 Å². The van der Waals surface area contributed by atoms with Crippen LogP contribution in [0.3, 0.4) is 0 Å². The molecule has 0 aliphatic heterocycles. The topological polar surface area (TPSA) is 18.5 Å². The first-order chi connectivity index (χ1) is 7.78. The standard InChI is InChI=1S/C10H12Cl4O2Si/c1-4-15-17(2,3)16-10-7(12)5-6(11)8(13)9(10)14/h5H,4H2,1-3H3. The Labute approximate surface area is 122 Å². The van der Waals surface area contributed by atoms with Crippen molar-refractivity contribution in [1.82, 2.24) is 0 Å². The maximum atomic E-state index is 6.05. The van der Waals surface area contributed by atoms with Gasteiger partial charge in [0.2, 0.25) is 0 Å². The molecule has 0 fully saturated rings. The summed E-state index contributed by atoms with van der Waals surface area (Å²) in [6, 6.07) is 1.50. The molecule has 0 heterocycles. The van der Waals surface area contributed by atoms with Crippen LogP contribution in [0.15, 0.2) is 6.07 Å². The maximum absolute atomic E-state index is 6.05. The molecule has 0 saturated carbocycles. The fourth-order valence-corrected chi connectivity index (χ4v) is 3.83. The van der Waals surface area contributed by atoms with E-state index < -0.39 is 8.56 Å². The first-order valence-electron chi connectivity index (χ1n) is 4.94.